The summed E-state index contributed by atoms with van der Waals surface area (Å²) >= 11 is 0. The lowest BCUT2D eigenvalue weighted by molar-refractivity contribution is 0.0920. The van der Waals surface area contributed by atoms with Crippen molar-refractivity contribution in [2.45, 2.75) is 6.54 Å². The molecule has 4 aromatic rings. The topological polar surface area (TPSA) is 73.0 Å². The van der Waals surface area contributed by atoms with Crippen LogP contribution in [-0.2, 0) is 6.54 Å². The third-order valence-corrected chi connectivity index (χ3v) is 3.91. The average molecular weight is 344 g/mol. The van der Waals surface area contributed by atoms with Crippen LogP contribution in [0.5, 0.6) is 0 Å². The summed E-state index contributed by atoms with van der Waals surface area (Å²) in [4.78, 5) is 16.9. The molecule has 0 radical (unpaired) electrons. The Bertz CT molecular complexity index is 993. The maximum atomic E-state index is 12.7. The summed E-state index contributed by atoms with van der Waals surface area (Å²) in [5.74, 6) is 0.489. The molecule has 128 valence electrons. The molecule has 1 aromatic carbocycles. The third-order valence-electron chi connectivity index (χ3n) is 3.91. The highest BCUT2D eigenvalue weighted by Crippen LogP contribution is 2.22. The molecule has 6 heteroatoms. The molecule has 0 bridgehead atoms. The molecule has 1 N–H and O–H groups in total. The first kappa shape index (κ1) is 15.8. The molecule has 0 fully saturated rings. The number of carbonyl (C=O) groups is 1. The number of aromatic nitrogens is 3. The average Bonchev–Trinajstić information content (AvgIpc) is 3.38. The zero-order chi connectivity index (χ0) is 17.8. The Labute approximate surface area is 150 Å². The second kappa shape index (κ2) is 7.06. The first-order valence-corrected chi connectivity index (χ1v) is 8.18. The largest absolute Gasteiger partial charge is 0.459 e. The lowest BCUT2D eigenvalue weighted by Gasteiger charge is -2.07. The van der Waals surface area contributed by atoms with Crippen LogP contribution >= 0.6 is 0 Å². The Morgan fingerprint density at radius 2 is 1.96 bits per heavy atom. The van der Waals surface area contributed by atoms with Crippen LogP contribution in [0.1, 0.15) is 16.1 Å². The van der Waals surface area contributed by atoms with E-state index < -0.39 is 0 Å². The van der Waals surface area contributed by atoms with Crippen LogP contribution in [0.15, 0.2) is 83.7 Å². The van der Waals surface area contributed by atoms with Crippen molar-refractivity contribution in [3.8, 4) is 11.3 Å². The van der Waals surface area contributed by atoms with E-state index in [2.05, 4.69) is 15.4 Å². The van der Waals surface area contributed by atoms with Gasteiger partial charge in [0.1, 0.15) is 5.82 Å². The van der Waals surface area contributed by atoms with Gasteiger partial charge in [0.2, 0.25) is 0 Å². The van der Waals surface area contributed by atoms with Crippen LogP contribution in [0.3, 0.4) is 0 Å². The fourth-order valence-corrected chi connectivity index (χ4v) is 2.61. The predicted octanol–water partition coefficient (Wildman–Crippen LogP) is 3.84. The van der Waals surface area contributed by atoms with Crippen molar-refractivity contribution >= 4 is 11.7 Å². The van der Waals surface area contributed by atoms with Crippen molar-refractivity contribution in [3.63, 3.8) is 0 Å². The molecule has 3 heterocycles. The van der Waals surface area contributed by atoms with Crippen molar-refractivity contribution in [2.75, 3.05) is 5.32 Å². The van der Waals surface area contributed by atoms with Crippen LogP contribution < -0.4 is 5.32 Å². The molecular formula is C20H16N4O2. The second-order valence-corrected chi connectivity index (χ2v) is 5.69. The number of hydrogen-bond acceptors (Lipinski definition) is 5. The van der Waals surface area contributed by atoms with Gasteiger partial charge in [-0.25, -0.2) is 0 Å². The number of hydrogen-bond donors (Lipinski definition) is 1. The summed E-state index contributed by atoms with van der Waals surface area (Å²) < 4.78 is 6.56. The molecular weight excluding hydrogens is 328 g/mol. The fraction of sp³-hybridized carbons (Fsp3) is 0.0500. The summed E-state index contributed by atoms with van der Waals surface area (Å²) in [6.45, 7) is 0.574. The van der Waals surface area contributed by atoms with Crippen molar-refractivity contribution in [1.82, 2.24) is 14.8 Å². The highest BCUT2D eigenvalue weighted by Gasteiger charge is 2.19. The van der Waals surface area contributed by atoms with Crippen molar-refractivity contribution in [1.29, 1.82) is 0 Å². The van der Waals surface area contributed by atoms with Crippen LogP contribution in [0, 0.1) is 0 Å². The standard InChI is InChI=1S/C20H16N4O2/c25-20(18-9-5-11-26-18)24-19(22-13-15-6-2-1-3-7-15)12-17(23-24)16-8-4-10-21-14-16/h1-12,14,22H,13H2. The van der Waals surface area contributed by atoms with E-state index >= 15 is 0 Å². The number of benzene rings is 1. The van der Waals surface area contributed by atoms with E-state index in [4.69, 9.17) is 4.42 Å². The minimum absolute atomic E-state index is 0.230. The Kier molecular flexibility index (Phi) is 4.30. The monoisotopic (exact) mass is 344 g/mol. The molecule has 0 saturated heterocycles. The van der Waals surface area contributed by atoms with Gasteiger partial charge >= 0.3 is 5.91 Å². The quantitative estimate of drug-likeness (QED) is 0.595. The van der Waals surface area contributed by atoms with Gasteiger partial charge in [0.15, 0.2) is 5.76 Å². The Balaban J connectivity index is 1.68. The first-order valence-electron chi connectivity index (χ1n) is 8.18. The molecule has 0 saturated carbocycles. The van der Waals surface area contributed by atoms with E-state index in [0.717, 1.165) is 11.1 Å². The smallest absolute Gasteiger partial charge is 0.315 e. The molecule has 0 aliphatic carbocycles. The summed E-state index contributed by atoms with van der Waals surface area (Å²) in [6, 6.07) is 18.8. The van der Waals surface area contributed by atoms with E-state index in [1.54, 1.807) is 24.5 Å². The Morgan fingerprint density at radius 1 is 1.08 bits per heavy atom. The van der Waals surface area contributed by atoms with Crippen molar-refractivity contribution in [3.05, 3.63) is 90.6 Å². The minimum atomic E-state index is -0.333. The molecule has 0 aliphatic heterocycles. The van der Waals surface area contributed by atoms with Gasteiger partial charge in [0, 0.05) is 30.6 Å². The Morgan fingerprint density at radius 3 is 2.69 bits per heavy atom. The Hall–Kier alpha value is -3.67. The van der Waals surface area contributed by atoms with Gasteiger partial charge in [-0.3, -0.25) is 9.78 Å². The zero-order valence-electron chi connectivity index (χ0n) is 13.9. The van der Waals surface area contributed by atoms with E-state index in [0.29, 0.717) is 18.1 Å². The molecule has 26 heavy (non-hydrogen) atoms. The van der Waals surface area contributed by atoms with Crippen LogP contribution in [0.4, 0.5) is 5.82 Å². The number of nitrogens with zero attached hydrogens (tertiary/aromatic N) is 3. The fourth-order valence-electron chi connectivity index (χ4n) is 2.61. The lowest BCUT2D eigenvalue weighted by atomic mass is 10.2. The van der Waals surface area contributed by atoms with Gasteiger partial charge in [-0.1, -0.05) is 30.3 Å². The van der Waals surface area contributed by atoms with Gasteiger partial charge in [0.25, 0.3) is 0 Å². The van der Waals surface area contributed by atoms with Crippen molar-refractivity contribution in [2.24, 2.45) is 0 Å². The van der Waals surface area contributed by atoms with Crippen LogP contribution in [-0.4, -0.2) is 20.7 Å². The summed E-state index contributed by atoms with van der Waals surface area (Å²) in [5, 5.41) is 7.73. The van der Waals surface area contributed by atoms with Gasteiger partial charge in [0.05, 0.1) is 12.0 Å². The zero-order valence-corrected chi connectivity index (χ0v) is 13.9. The summed E-state index contributed by atoms with van der Waals surface area (Å²) in [5.41, 5.74) is 2.60. The van der Waals surface area contributed by atoms with Gasteiger partial charge in [-0.2, -0.15) is 9.78 Å². The van der Waals surface area contributed by atoms with Gasteiger partial charge in [-0.15, -0.1) is 0 Å². The van der Waals surface area contributed by atoms with Gasteiger partial charge < -0.3 is 9.73 Å². The highest BCUT2D eigenvalue weighted by atomic mass is 16.3. The normalized spacial score (nSPS) is 10.6. The molecule has 4 rings (SSSR count). The number of carbonyl (C=O) groups excluding carboxylic acids is 1. The SMILES string of the molecule is O=C(c1ccco1)n1nc(-c2cccnc2)cc1NCc1ccccc1. The van der Waals surface area contributed by atoms with E-state index in [-0.39, 0.29) is 11.7 Å². The number of anilines is 1. The first-order chi connectivity index (χ1) is 12.8. The number of furan rings is 1. The predicted molar refractivity (Wildman–Crippen MR) is 97.7 cm³/mol. The van der Waals surface area contributed by atoms with E-state index in [1.807, 2.05) is 48.5 Å². The number of rotatable bonds is 5. The van der Waals surface area contributed by atoms with E-state index in [9.17, 15) is 4.79 Å². The molecule has 0 atom stereocenters. The van der Waals surface area contributed by atoms with Crippen LogP contribution in [0.2, 0.25) is 0 Å². The highest BCUT2D eigenvalue weighted by molar-refractivity contribution is 5.95. The number of nitrogens with one attached hydrogen (secondary N) is 1. The molecule has 0 spiro atoms. The molecule has 0 aliphatic rings. The second-order valence-electron chi connectivity index (χ2n) is 5.69. The van der Waals surface area contributed by atoms with Crippen LogP contribution in [0.25, 0.3) is 11.3 Å². The summed E-state index contributed by atoms with van der Waals surface area (Å²) in [6.07, 6.45) is 4.88. The molecule has 6 nitrogen and oxygen atoms in total. The van der Waals surface area contributed by atoms with Gasteiger partial charge in [-0.05, 0) is 29.8 Å². The molecule has 3 aromatic heterocycles. The maximum absolute atomic E-state index is 12.7. The minimum Gasteiger partial charge on any atom is -0.459 e. The molecule has 0 amide bonds. The maximum Gasteiger partial charge on any atom is 0.315 e. The number of pyridine rings is 1. The van der Waals surface area contributed by atoms with Crippen molar-refractivity contribution < 1.29 is 9.21 Å². The third kappa shape index (κ3) is 3.25. The summed E-state index contributed by atoms with van der Waals surface area (Å²) in [7, 11) is 0. The molecule has 0 unspecified atom stereocenters. The van der Waals surface area contributed by atoms with E-state index in [1.165, 1.54) is 10.9 Å². The lowest BCUT2D eigenvalue weighted by Crippen LogP contribution is -2.16.